The number of nitrogens with zero attached hydrogens (tertiary/aromatic N) is 2. The smallest absolute Gasteiger partial charge is 0.0192 e. The molecular formula is C32H24IrN2-2. The van der Waals surface area contributed by atoms with Crippen molar-refractivity contribution in [2.75, 3.05) is 0 Å². The van der Waals surface area contributed by atoms with Crippen LogP contribution in [0.25, 0.3) is 44.1 Å². The van der Waals surface area contributed by atoms with Crippen LogP contribution in [0.4, 0.5) is 0 Å². The van der Waals surface area contributed by atoms with Crippen molar-refractivity contribution >= 4 is 21.5 Å². The van der Waals surface area contributed by atoms with Crippen LogP contribution >= 0.6 is 0 Å². The number of hydrogen-bond donors (Lipinski definition) is 0. The molecule has 6 rings (SSSR count). The molecule has 0 aliphatic rings. The number of fused-ring (bicyclic) bond motifs is 3. The van der Waals surface area contributed by atoms with Crippen molar-refractivity contribution in [2.45, 2.75) is 13.8 Å². The first-order valence-electron chi connectivity index (χ1n) is 11.3. The number of rotatable bonds is 2. The van der Waals surface area contributed by atoms with E-state index < -0.39 is 0 Å². The second kappa shape index (κ2) is 11.2. The van der Waals surface area contributed by atoms with Gasteiger partial charge in [-0.2, -0.15) is 0 Å². The van der Waals surface area contributed by atoms with Crippen molar-refractivity contribution in [1.29, 1.82) is 0 Å². The van der Waals surface area contributed by atoms with Crippen molar-refractivity contribution in [3.05, 3.63) is 133 Å². The maximum absolute atomic E-state index is 4.56. The van der Waals surface area contributed by atoms with Gasteiger partial charge in [0.1, 0.15) is 0 Å². The molecule has 173 valence electrons. The van der Waals surface area contributed by atoms with Gasteiger partial charge in [-0.3, -0.25) is 0 Å². The average Bonchev–Trinajstić information content (AvgIpc) is 2.91. The van der Waals surface area contributed by atoms with E-state index in [-0.39, 0.29) is 20.1 Å². The molecular weight excluding hydrogens is 605 g/mol. The molecule has 0 unspecified atom stereocenters. The quantitative estimate of drug-likeness (QED) is 0.143. The molecule has 1 radical (unpaired) electrons. The molecule has 6 aromatic rings. The maximum Gasteiger partial charge on any atom is 0.0192 e. The normalized spacial score (nSPS) is 10.3. The average molecular weight is 629 g/mol. The number of benzene rings is 4. The maximum atomic E-state index is 4.56. The Morgan fingerprint density at radius 2 is 1.40 bits per heavy atom. The van der Waals surface area contributed by atoms with E-state index in [1.165, 1.54) is 32.7 Å². The van der Waals surface area contributed by atoms with Crippen LogP contribution in [0, 0.1) is 26.0 Å². The van der Waals surface area contributed by atoms with Gasteiger partial charge in [0.25, 0.3) is 0 Å². The summed E-state index contributed by atoms with van der Waals surface area (Å²) in [6, 6.07) is 39.4. The van der Waals surface area contributed by atoms with E-state index >= 15 is 0 Å². The molecule has 2 nitrogen and oxygen atoms in total. The third-order valence-electron chi connectivity index (χ3n) is 5.97. The van der Waals surface area contributed by atoms with Gasteiger partial charge in [0, 0.05) is 32.5 Å². The van der Waals surface area contributed by atoms with Gasteiger partial charge < -0.3 is 9.97 Å². The van der Waals surface area contributed by atoms with E-state index in [4.69, 9.17) is 0 Å². The largest absolute Gasteiger partial charge is 0.305 e. The second-order valence-electron chi connectivity index (χ2n) is 8.28. The molecule has 0 fully saturated rings. The zero-order chi connectivity index (χ0) is 23.3. The second-order valence-corrected chi connectivity index (χ2v) is 8.28. The van der Waals surface area contributed by atoms with Crippen LogP contribution in [-0.4, -0.2) is 9.97 Å². The Kier molecular flexibility index (Phi) is 7.82. The Morgan fingerprint density at radius 3 is 2.17 bits per heavy atom. The van der Waals surface area contributed by atoms with Crippen LogP contribution in [0.3, 0.4) is 0 Å². The molecule has 3 heteroatoms. The van der Waals surface area contributed by atoms with E-state index in [1.807, 2.05) is 48.7 Å². The minimum atomic E-state index is 0. The first-order chi connectivity index (χ1) is 16.7. The van der Waals surface area contributed by atoms with E-state index in [0.29, 0.717) is 0 Å². The van der Waals surface area contributed by atoms with Crippen molar-refractivity contribution in [1.82, 2.24) is 9.97 Å². The van der Waals surface area contributed by atoms with Gasteiger partial charge in [-0.25, -0.2) is 0 Å². The predicted molar refractivity (Wildman–Crippen MR) is 142 cm³/mol. The first-order valence-corrected chi connectivity index (χ1v) is 11.3. The molecule has 0 aliphatic carbocycles. The Labute approximate surface area is 220 Å². The Bertz CT molecular complexity index is 1520. The molecule has 2 heterocycles. The van der Waals surface area contributed by atoms with Gasteiger partial charge in [-0.15, -0.1) is 59.7 Å². The topological polar surface area (TPSA) is 25.8 Å². The molecule has 2 aromatic heterocycles. The molecule has 0 aliphatic heterocycles. The van der Waals surface area contributed by atoms with Crippen molar-refractivity contribution in [3.63, 3.8) is 0 Å². The number of aromatic nitrogens is 2. The zero-order valence-corrected chi connectivity index (χ0v) is 22.0. The molecule has 0 atom stereocenters. The van der Waals surface area contributed by atoms with E-state index in [1.54, 1.807) is 6.20 Å². The van der Waals surface area contributed by atoms with Gasteiger partial charge >= 0.3 is 0 Å². The van der Waals surface area contributed by atoms with Crippen LogP contribution in [-0.2, 0) is 20.1 Å². The fraction of sp³-hybridized carbons (Fsp3) is 0.0625. The van der Waals surface area contributed by atoms with Gasteiger partial charge in [0.2, 0.25) is 0 Å². The molecule has 0 saturated heterocycles. The number of aryl methyl sites for hydroxylation is 2. The standard InChI is InChI=1S/C21H16N.C11H8N.Ir/c1-14-11-21(22-13-15(14)2)18-10-9-17-8-7-16-5-3-4-6-19(16)20(17)12-18;1-2-6-10(7-3-1)11-8-4-5-9-12-11;/h3-9,11-13H,1-2H3;1-6,8-9H;/q2*-1;. The first kappa shape index (κ1) is 24.5. The van der Waals surface area contributed by atoms with Crippen LogP contribution in [0.1, 0.15) is 11.1 Å². The third kappa shape index (κ3) is 5.54. The fourth-order valence-electron chi connectivity index (χ4n) is 3.94. The van der Waals surface area contributed by atoms with E-state index in [2.05, 4.69) is 90.5 Å². The molecule has 0 amide bonds. The van der Waals surface area contributed by atoms with Gasteiger partial charge in [-0.1, -0.05) is 70.9 Å². The van der Waals surface area contributed by atoms with Crippen LogP contribution in [0.5, 0.6) is 0 Å². The summed E-state index contributed by atoms with van der Waals surface area (Å²) in [7, 11) is 0. The van der Waals surface area contributed by atoms with E-state index in [0.717, 1.165) is 22.5 Å². The molecule has 0 spiro atoms. The molecule has 0 bridgehead atoms. The van der Waals surface area contributed by atoms with Crippen LogP contribution in [0.2, 0.25) is 0 Å². The van der Waals surface area contributed by atoms with Gasteiger partial charge in [0.15, 0.2) is 0 Å². The SMILES string of the molecule is Cc1cnc(-c2[c-]cc3ccc4ccccc4c3c2)cc1C.[Ir].[c-]1ccccc1-c1ccccn1. The molecule has 0 saturated carbocycles. The Balaban J connectivity index is 0.000000189. The van der Waals surface area contributed by atoms with Gasteiger partial charge in [-0.05, 0) is 47.6 Å². The summed E-state index contributed by atoms with van der Waals surface area (Å²) < 4.78 is 0. The fourth-order valence-corrected chi connectivity index (χ4v) is 3.94. The van der Waals surface area contributed by atoms with Crippen LogP contribution < -0.4 is 0 Å². The van der Waals surface area contributed by atoms with Crippen molar-refractivity contribution < 1.29 is 20.1 Å². The summed E-state index contributed by atoms with van der Waals surface area (Å²) in [5.74, 6) is 0. The monoisotopic (exact) mass is 629 g/mol. The Hall–Kier alpha value is -3.65. The summed E-state index contributed by atoms with van der Waals surface area (Å²) in [6.07, 6.45) is 3.72. The molecule has 0 N–H and O–H groups in total. The summed E-state index contributed by atoms with van der Waals surface area (Å²) in [6.45, 7) is 4.21. The van der Waals surface area contributed by atoms with Crippen molar-refractivity contribution in [3.8, 4) is 22.5 Å². The summed E-state index contributed by atoms with van der Waals surface area (Å²) in [5, 5.41) is 5.01. The van der Waals surface area contributed by atoms with Crippen LogP contribution in [0.15, 0.2) is 109 Å². The summed E-state index contributed by atoms with van der Waals surface area (Å²) in [5.41, 5.74) is 6.52. The minimum Gasteiger partial charge on any atom is -0.305 e. The Morgan fingerprint density at radius 1 is 0.600 bits per heavy atom. The third-order valence-corrected chi connectivity index (χ3v) is 5.97. The molecule has 4 aromatic carbocycles. The summed E-state index contributed by atoms with van der Waals surface area (Å²) in [4.78, 5) is 8.78. The minimum absolute atomic E-state index is 0. The van der Waals surface area contributed by atoms with Crippen molar-refractivity contribution in [2.24, 2.45) is 0 Å². The zero-order valence-electron chi connectivity index (χ0n) is 19.6. The van der Waals surface area contributed by atoms with E-state index in [9.17, 15) is 0 Å². The molecule has 35 heavy (non-hydrogen) atoms. The summed E-state index contributed by atoms with van der Waals surface area (Å²) >= 11 is 0. The predicted octanol–water partition coefficient (Wildman–Crippen LogP) is 8.02. The number of pyridine rings is 2. The number of hydrogen-bond acceptors (Lipinski definition) is 2. The van der Waals surface area contributed by atoms with Gasteiger partial charge in [0.05, 0.1) is 0 Å².